The van der Waals surface area contributed by atoms with Crippen molar-refractivity contribution < 1.29 is 9.18 Å². The number of anilines is 2. The highest BCUT2D eigenvalue weighted by Gasteiger charge is 2.23. The summed E-state index contributed by atoms with van der Waals surface area (Å²) in [6.45, 7) is 9.17. The number of benzene rings is 1. The zero-order chi connectivity index (χ0) is 21.9. The minimum absolute atomic E-state index is 0.0289. The molecule has 0 saturated carbocycles. The zero-order valence-corrected chi connectivity index (χ0v) is 18.9. The second kappa shape index (κ2) is 8.99. The van der Waals surface area contributed by atoms with Crippen LogP contribution >= 0.6 is 11.3 Å². The Hall–Kier alpha value is -2.68. The number of nitrogens with one attached hydrogen (secondary N) is 2. The van der Waals surface area contributed by atoms with E-state index in [1.807, 2.05) is 11.9 Å². The molecule has 0 aliphatic rings. The molecule has 3 aromatic rings. The second-order valence-electron chi connectivity index (χ2n) is 8.33. The number of fused-ring (bicyclic) bond motifs is 1. The van der Waals surface area contributed by atoms with Gasteiger partial charge in [0.05, 0.1) is 6.54 Å². The molecule has 2 N–H and O–H groups in total. The van der Waals surface area contributed by atoms with Gasteiger partial charge in [-0.3, -0.25) is 4.79 Å². The van der Waals surface area contributed by atoms with E-state index < -0.39 is 0 Å². The molecule has 30 heavy (non-hydrogen) atoms. The van der Waals surface area contributed by atoms with Crippen molar-refractivity contribution in [1.29, 1.82) is 0 Å². The first-order valence-electron chi connectivity index (χ1n) is 10.1. The molecule has 162 valence electrons. The molecule has 0 spiro atoms. The van der Waals surface area contributed by atoms with Gasteiger partial charge in [-0.25, -0.2) is 9.37 Å². The Labute approximate surface area is 180 Å². The van der Waals surface area contributed by atoms with Crippen LogP contribution in [0.3, 0.4) is 0 Å². The fourth-order valence-corrected chi connectivity index (χ4v) is 3.77. The molecule has 0 bridgehead atoms. The van der Waals surface area contributed by atoms with Crippen molar-refractivity contribution >= 4 is 33.2 Å². The van der Waals surface area contributed by atoms with Gasteiger partial charge >= 0.3 is 0 Å². The van der Waals surface area contributed by atoms with Gasteiger partial charge < -0.3 is 15.5 Å². The summed E-state index contributed by atoms with van der Waals surface area (Å²) in [5.41, 5.74) is 1.31. The van der Waals surface area contributed by atoms with E-state index in [0.717, 1.165) is 29.9 Å². The van der Waals surface area contributed by atoms with E-state index in [9.17, 15) is 9.18 Å². The minimum atomic E-state index is -0.288. The standard InChI is InChI=1S/C21H29FN6OS/c1-6-7-12-23-16(29)13-27(5)20-26-28-18(25-21(2,3)4)17(24-19(28)30-20)14-8-10-15(22)11-9-14/h8-11,25H,6-7,12-13H2,1-5H3,(H,23,29). The molecule has 7 nitrogen and oxygen atoms in total. The fourth-order valence-electron chi connectivity index (χ4n) is 2.91. The highest BCUT2D eigenvalue weighted by molar-refractivity contribution is 7.20. The van der Waals surface area contributed by atoms with Crippen molar-refractivity contribution in [2.75, 3.05) is 30.4 Å². The Morgan fingerprint density at radius 3 is 2.60 bits per heavy atom. The van der Waals surface area contributed by atoms with Crippen LogP contribution in [0.5, 0.6) is 0 Å². The summed E-state index contributed by atoms with van der Waals surface area (Å²) >= 11 is 1.41. The molecule has 2 heterocycles. The predicted octanol–water partition coefficient (Wildman–Crippen LogP) is 4.16. The summed E-state index contributed by atoms with van der Waals surface area (Å²) < 4.78 is 15.1. The third-order valence-electron chi connectivity index (χ3n) is 4.36. The van der Waals surface area contributed by atoms with Gasteiger partial charge in [-0.1, -0.05) is 24.7 Å². The monoisotopic (exact) mass is 432 g/mol. The maximum Gasteiger partial charge on any atom is 0.239 e. The van der Waals surface area contributed by atoms with E-state index >= 15 is 0 Å². The van der Waals surface area contributed by atoms with Gasteiger partial charge in [0.25, 0.3) is 0 Å². The normalized spacial score (nSPS) is 11.7. The van der Waals surface area contributed by atoms with Crippen LogP contribution in [0.2, 0.25) is 0 Å². The van der Waals surface area contributed by atoms with Crippen LogP contribution in [0.1, 0.15) is 40.5 Å². The van der Waals surface area contributed by atoms with E-state index in [4.69, 9.17) is 10.1 Å². The molecule has 0 fully saturated rings. The van der Waals surface area contributed by atoms with Gasteiger partial charge in [-0.05, 0) is 51.5 Å². The zero-order valence-electron chi connectivity index (χ0n) is 18.1. The third-order valence-corrected chi connectivity index (χ3v) is 5.39. The number of amides is 1. The van der Waals surface area contributed by atoms with Gasteiger partial charge in [0.15, 0.2) is 5.82 Å². The number of unbranched alkanes of at least 4 members (excludes halogenated alkanes) is 1. The summed E-state index contributed by atoms with van der Waals surface area (Å²) in [6, 6.07) is 6.27. The number of likely N-dealkylation sites (N-methyl/N-ethyl adjacent to an activating group) is 1. The number of imidazole rings is 1. The summed E-state index contributed by atoms with van der Waals surface area (Å²) in [4.78, 5) is 19.4. The number of hydrogen-bond donors (Lipinski definition) is 2. The van der Waals surface area contributed by atoms with Crippen molar-refractivity contribution in [3.8, 4) is 11.3 Å². The Morgan fingerprint density at radius 1 is 1.27 bits per heavy atom. The van der Waals surface area contributed by atoms with Crippen LogP contribution in [0, 0.1) is 5.82 Å². The lowest BCUT2D eigenvalue weighted by Crippen LogP contribution is -2.35. The van der Waals surface area contributed by atoms with E-state index in [0.29, 0.717) is 16.6 Å². The number of aromatic nitrogens is 3. The summed E-state index contributed by atoms with van der Waals surface area (Å²) in [5, 5.41) is 11.8. The average molecular weight is 433 g/mol. The lowest BCUT2D eigenvalue weighted by molar-refractivity contribution is -0.119. The van der Waals surface area contributed by atoms with Crippen LogP contribution in [-0.4, -0.2) is 46.2 Å². The summed E-state index contributed by atoms with van der Waals surface area (Å²) in [6.07, 6.45) is 2.01. The second-order valence-corrected chi connectivity index (χ2v) is 9.26. The lowest BCUT2D eigenvalue weighted by Gasteiger charge is -2.22. The minimum Gasteiger partial charge on any atom is -0.364 e. The summed E-state index contributed by atoms with van der Waals surface area (Å²) in [7, 11) is 1.84. The van der Waals surface area contributed by atoms with Gasteiger partial charge in [-0.15, -0.1) is 5.10 Å². The number of halogens is 1. The van der Waals surface area contributed by atoms with Crippen LogP contribution in [0.25, 0.3) is 16.2 Å². The molecule has 0 aliphatic heterocycles. The van der Waals surface area contributed by atoms with Crippen LogP contribution in [0.4, 0.5) is 15.3 Å². The molecule has 0 aliphatic carbocycles. The smallest absolute Gasteiger partial charge is 0.239 e. The highest BCUT2D eigenvalue weighted by atomic mass is 32.1. The van der Waals surface area contributed by atoms with Gasteiger partial charge in [0, 0.05) is 24.7 Å². The molecule has 3 rings (SSSR count). The Kier molecular flexibility index (Phi) is 6.60. The number of nitrogens with zero attached hydrogens (tertiary/aromatic N) is 4. The Balaban J connectivity index is 1.90. The van der Waals surface area contributed by atoms with Gasteiger partial charge in [-0.2, -0.15) is 4.52 Å². The first-order valence-corrected chi connectivity index (χ1v) is 10.9. The predicted molar refractivity (Wildman–Crippen MR) is 121 cm³/mol. The van der Waals surface area contributed by atoms with Gasteiger partial charge in [0.2, 0.25) is 16.0 Å². The number of carbonyl (C=O) groups is 1. The SMILES string of the molecule is CCCCNC(=O)CN(C)c1nn2c(NC(C)(C)C)c(-c3ccc(F)cc3)nc2s1. The molecule has 0 radical (unpaired) electrons. The third kappa shape index (κ3) is 5.27. The topological polar surface area (TPSA) is 74.6 Å². The van der Waals surface area contributed by atoms with Crippen molar-refractivity contribution in [2.24, 2.45) is 0 Å². The molecule has 0 atom stereocenters. The first kappa shape index (κ1) is 22.0. The van der Waals surface area contributed by atoms with Crippen LogP contribution in [0.15, 0.2) is 24.3 Å². The lowest BCUT2D eigenvalue weighted by atomic mass is 10.1. The Bertz CT molecular complexity index is 1010. The summed E-state index contributed by atoms with van der Waals surface area (Å²) in [5.74, 6) is 0.426. The molecular weight excluding hydrogens is 403 g/mol. The quantitative estimate of drug-likeness (QED) is 0.523. The molecule has 1 amide bonds. The van der Waals surface area contributed by atoms with E-state index in [1.54, 1.807) is 16.6 Å². The molecule has 1 aromatic carbocycles. The number of hydrogen-bond acceptors (Lipinski definition) is 6. The largest absolute Gasteiger partial charge is 0.364 e. The fraction of sp³-hybridized carbons (Fsp3) is 0.476. The highest BCUT2D eigenvalue weighted by Crippen LogP contribution is 2.34. The van der Waals surface area contributed by atoms with Crippen LogP contribution < -0.4 is 15.5 Å². The Morgan fingerprint density at radius 2 is 1.97 bits per heavy atom. The van der Waals surface area contributed by atoms with E-state index in [-0.39, 0.29) is 23.8 Å². The molecule has 2 aromatic heterocycles. The maximum absolute atomic E-state index is 13.4. The van der Waals surface area contributed by atoms with Crippen LogP contribution in [-0.2, 0) is 4.79 Å². The molecule has 9 heteroatoms. The van der Waals surface area contributed by atoms with Crippen molar-refractivity contribution in [1.82, 2.24) is 19.9 Å². The van der Waals surface area contributed by atoms with Crippen molar-refractivity contribution in [3.05, 3.63) is 30.1 Å². The number of carbonyl (C=O) groups excluding carboxylic acids is 1. The maximum atomic E-state index is 13.4. The van der Waals surface area contributed by atoms with E-state index in [2.05, 4.69) is 38.3 Å². The van der Waals surface area contributed by atoms with Gasteiger partial charge in [0.1, 0.15) is 11.5 Å². The molecule has 0 unspecified atom stereocenters. The molecular formula is C21H29FN6OS. The average Bonchev–Trinajstić information content (AvgIpc) is 3.21. The molecule has 0 saturated heterocycles. The van der Waals surface area contributed by atoms with E-state index in [1.165, 1.54) is 23.5 Å². The van der Waals surface area contributed by atoms with Crippen molar-refractivity contribution in [3.63, 3.8) is 0 Å². The first-order chi connectivity index (χ1) is 14.2. The number of rotatable bonds is 8. The van der Waals surface area contributed by atoms with Crippen molar-refractivity contribution in [2.45, 2.75) is 46.1 Å².